The topological polar surface area (TPSA) is 100 Å². The third-order valence-electron chi connectivity index (χ3n) is 6.65. The Morgan fingerprint density at radius 1 is 0.775 bits per heavy atom. The summed E-state index contributed by atoms with van der Waals surface area (Å²) in [5, 5.41) is 0. The SMILES string of the molecule is COc1ccc(C2(c3ccc(OS(=O)(=O)C(F)(F)F)c(-c4cccc(OC)c4)c3)N=C(N)c3ccccc32)cc1. The van der Waals surface area contributed by atoms with Crippen molar-refractivity contribution in [1.29, 1.82) is 0 Å². The average molecular weight is 569 g/mol. The van der Waals surface area contributed by atoms with E-state index in [-0.39, 0.29) is 11.4 Å². The number of nitrogens with two attached hydrogens (primary N) is 1. The maximum atomic E-state index is 13.3. The lowest BCUT2D eigenvalue weighted by Crippen LogP contribution is -2.28. The summed E-state index contributed by atoms with van der Waals surface area (Å²) < 4.78 is 79.0. The van der Waals surface area contributed by atoms with Crippen LogP contribution in [0.1, 0.15) is 22.3 Å². The number of methoxy groups -OCH3 is 2. The van der Waals surface area contributed by atoms with Crippen molar-refractivity contribution in [2.24, 2.45) is 10.7 Å². The van der Waals surface area contributed by atoms with Crippen LogP contribution in [-0.2, 0) is 15.7 Å². The minimum Gasteiger partial charge on any atom is -0.497 e. The first-order valence-corrected chi connectivity index (χ1v) is 13.3. The zero-order chi connectivity index (χ0) is 28.7. The molecule has 0 amide bonds. The third-order valence-corrected chi connectivity index (χ3v) is 7.62. The van der Waals surface area contributed by atoms with Gasteiger partial charge in [0.15, 0.2) is 5.75 Å². The largest absolute Gasteiger partial charge is 0.534 e. The highest BCUT2D eigenvalue weighted by Crippen LogP contribution is 2.48. The number of aliphatic imine (C=N–C) groups is 1. The lowest BCUT2D eigenvalue weighted by atomic mass is 9.77. The Kier molecular flexibility index (Phi) is 6.70. The van der Waals surface area contributed by atoms with Crippen molar-refractivity contribution in [2.75, 3.05) is 14.2 Å². The molecule has 11 heteroatoms. The number of amidine groups is 1. The van der Waals surface area contributed by atoms with Gasteiger partial charge >= 0.3 is 15.6 Å². The number of fused-ring (bicyclic) bond motifs is 1. The molecule has 206 valence electrons. The monoisotopic (exact) mass is 568 g/mol. The molecule has 4 aromatic rings. The van der Waals surface area contributed by atoms with E-state index in [2.05, 4.69) is 4.18 Å². The van der Waals surface area contributed by atoms with Crippen LogP contribution in [0.3, 0.4) is 0 Å². The van der Waals surface area contributed by atoms with Crippen LogP contribution in [0, 0.1) is 0 Å². The number of benzene rings is 4. The van der Waals surface area contributed by atoms with E-state index in [1.165, 1.54) is 19.2 Å². The number of rotatable bonds is 7. The van der Waals surface area contributed by atoms with Crippen molar-refractivity contribution in [3.63, 3.8) is 0 Å². The minimum atomic E-state index is -5.95. The van der Waals surface area contributed by atoms with Crippen molar-refractivity contribution >= 4 is 16.0 Å². The summed E-state index contributed by atoms with van der Waals surface area (Å²) in [6.07, 6.45) is 0. The standard InChI is InChI=1S/C29H23F3N2O5S/c1-37-21-13-10-19(11-14-21)28(25-9-4-3-8-23(25)27(33)34-28)20-12-15-26(39-40(35,36)29(30,31)32)24(17-20)18-6-5-7-22(16-18)38-2/h3-17H,1-2H3,(H2,33,34). The Balaban J connectivity index is 1.79. The van der Waals surface area contributed by atoms with Gasteiger partial charge in [-0.15, -0.1) is 0 Å². The van der Waals surface area contributed by atoms with E-state index in [1.54, 1.807) is 49.6 Å². The molecule has 5 rings (SSSR count). The Morgan fingerprint density at radius 3 is 2.12 bits per heavy atom. The second-order valence-electron chi connectivity index (χ2n) is 8.91. The van der Waals surface area contributed by atoms with Gasteiger partial charge in [-0.2, -0.15) is 21.6 Å². The normalized spacial score (nSPS) is 16.7. The molecule has 0 aliphatic carbocycles. The summed E-state index contributed by atoms with van der Waals surface area (Å²) in [6, 6.07) is 25.2. The number of hydrogen-bond acceptors (Lipinski definition) is 7. The van der Waals surface area contributed by atoms with Crippen LogP contribution >= 0.6 is 0 Å². The molecule has 0 radical (unpaired) electrons. The zero-order valence-electron chi connectivity index (χ0n) is 21.3. The molecule has 1 atom stereocenters. The zero-order valence-corrected chi connectivity index (χ0v) is 22.1. The Labute approximate surface area is 228 Å². The first-order chi connectivity index (χ1) is 19.0. The highest BCUT2D eigenvalue weighted by Gasteiger charge is 2.49. The quantitative estimate of drug-likeness (QED) is 0.230. The molecule has 0 aromatic heterocycles. The lowest BCUT2D eigenvalue weighted by molar-refractivity contribution is -0.0499. The third kappa shape index (κ3) is 4.51. The van der Waals surface area contributed by atoms with E-state index in [9.17, 15) is 21.6 Å². The van der Waals surface area contributed by atoms with Crippen LogP contribution in [0.15, 0.2) is 96.0 Å². The van der Waals surface area contributed by atoms with Gasteiger partial charge in [-0.05, 0) is 58.7 Å². The van der Waals surface area contributed by atoms with E-state index in [0.29, 0.717) is 33.8 Å². The summed E-state index contributed by atoms with van der Waals surface area (Å²) >= 11 is 0. The van der Waals surface area contributed by atoms with Crippen LogP contribution in [-0.4, -0.2) is 34.0 Å². The van der Waals surface area contributed by atoms with Crippen LogP contribution < -0.4 is 19.4 Å². The number of halogens is 3. The van der Waals surface area contributed by atoms with E-state index in [0.717, 1.165) is 5.56 Å². The lowest BCUT2D eigenvalue weighted by Gasteiger charge is -2.30. The first-order valence-electron chi connectivity index (χ1n) is 11.9. The average Bonchev–Trinajstić information content (AvgIpc) is 3.25. The maximum absolute atomic E-state index is 13.3. The molecule has 0 fully saturated rings. The fraction of sp³-hybridized carbons (Fsp3) is 0.138. The number of alkyl halides is 3. The molecule has 0 spiro atoms. The van der Waals surface area contributed by atoms with Crippen molar-refractivity contribution in [1.82, 2.24) is 0 Å². The van der Waals surface area contributed by atoms with Gasteiger partial charge in [-0.3, -0.25) is 0 Å². The fourth-order valence-electron chi connectivity index (χ4n) is 4.77. The molecule has 1 unspecified atom stereocenters. The molecule has 4 aromatic carbocycles. The molecule has 1 aliphatic heterocycles. The molecule has 1 heterocycles. The second-order valence-corrected chi connectivity index (χ2v) is 10.4. The molecule has 2 N–H and O–H groups in total. The Bertz CT molecular complexity index is 1720. The van der Waals surface area contributed by atoms with Crippen molar-refractivity contribution < 1.29 is 35.2 Å². The van der Waals surface area contributed by atoms with Gasteiger partial charge in [-0.25, -0.2) is 4.99 Å². The summed E-state index contributed by atoms with van der Waals surface area (Å²) in [5.74, 6) is 0.781. The van der Waals surface area contributed by atoms with E-state index in [4.69, 9.17) is 20.2 Å². The molecule has 40 heavy (non-hydrogen) atoms. The Morgan fingerprint density at radius 2 is 1.45 bits per heavy atom. The molecule has 1 aliphatic rings. The summed E-state index contributed by atoms with van der Waals surface area (Å²) in [6.45, 7) is 0. The van der Waals surface area contributed by atoms with Crippen molar-refractivity contribution in [3.05, 3.63) is 113 Å². The summed E-state index contributed by atoms with van der Waals surface area (Å²) in [5.41, 5.74) is 2.65. The van der Waals surface area contributed by atoms with Gasteiger partial charge in [0.1, 0.15) is 22.9 Å². The minimum absolute atomic E-state index is 0.0789. The first kappa shape index (κ1) is 27.1. The van der Waals surface area contributed by atoms with E-state index in [1.807, 2.05) is 36.4 Å². The van der Waals surface area contributed by atoms with Gasteiger partial charge in [0, 0.05) is 11.1 Å². The highest BCUT2D eigenvalue weighted by atomic mass is 32.2. The second kappa shape index (κ2) is 9.91. The molecular formula is C29H23F3N2O5S. The number of nitrogens with zero attached hydrogens (tertiary/aromatic N) is 1. The molecule has 0 saturated heterocycles. The van der Waals surface area contributed by atoms with Crippen LogP contribution in [0.5, 0.6) is 17.2 Å². The van der Waals surface area contributed by atoms with Crippen LogP contribution in [0.25, 0.3) is 11.1 Å². The molecular weight excluding hydrogens is 545 g/mol. The van der Waals surface area contributed by atoms with Gasteiger partial charge in [-0.1, -0.05) is 54.6 Å². The predicted octanol–water partition coefficient (Wildman–Crippen LogP) is 5.61. The summed E-state index contributed by atoms with van der Waals surface area (Å²) in [7, 11) is -2.98. The van der Waals surface area contributed by atoms with Gasteiger partial charge < -0.3 is 19.4 Å². The van der Waals surface area contributed by atoms with E-state index < -0.39 is 26.9 Å². The maximum Gasteiger partial charge on any atom is 0.534 e. The van der Waals surface area contributed by atoms with Crippen molar-refractivity contribution in [3.8, 4) is 28.4 Å². The van der Waals surface area contributed by atoms with E-state index >= 15 is 0 Å². The van der Waals surface area contributed by atoms with Crippen molar-refractivity contribution in [2.45, 2.75) is 11.0 Å². The van der Waals surface area contributed by atoms with Crippen LogP contribution in [0.4, 0.5) is 13.2 Å². The fourth-order valence-corrected chi connectivity index (χ4v) is 5.25. The highest BCUT2D eigenvalue weighted by molar-refractivity contribution is 7.88. The predicted molar refractivity (Wildman–Crippen MR) is 144 cm³/mol. The van der Waals surface area contributed by atoms with Crippen LogP contribution in [0.2, 0.25) is 0 Å². The summed E-state index contributed by atoms with van der Waals surface area (Å²) in [4.78, 5) is 4.89. The molecule has 7 nitrogen and oxygen atoms in total. The van der Waals surface area contributed by atoms with Gasteiger partial charge in [0.05, 0.1) is 14.2 Å². The molecule has 0 bridgehead atoms. The van der Waals surface area contributed by atoms with Gasteiger partial charge in [0.2, 0.25) is 0 Å². The smallest absolute Gasteiger partial charge is 0.497 e. The van der Waals surface area contributed by atoms with Gasteiger partial charge in [0.25, 0.3) is 0 Å². The molecule has 0 saturated carbocycles. The Hall–Kier alpha value is -4.51. The number of ether oxygens (including phenoxy) is 2. The number of hydrogen-bond donors (Lipinski definition) is 1.